The SMILES string of the molecule is CC1(C)[C@@H]2CC[C@@]1(C)[C@H](OC(=O)/C=C\c1ccc(O)cc1)C2. The Labute approximate surface area is 132 Å². The number of esters is 1. The molecule has 2 aliphatic rings. The first-order valence-electron chi connectivity index (χ1n) is 8.01. The summed E-state index contributed by atoms with van der Waals surface area (Å²) in [5.41, 5.74) is 1.22. The number of carbonyl (C=O) groups excluding carboxylic acids is 1. The number of rotatable bonds is 3. The molecule has 3 heteroatoms. The average Bonchev–Trinajstić information content (AvgIpc) is 2.80. The quantitative estimate of drug-likeness (QED) is 0.673. The van der Waals surface area contributed by atoms with E-state index in [0.717, 1.165) is 18.4 Å². The summed E-state index contributed by atoms with van der Waals surface area (Å²) in [6, 6.07) is 6.73. The fraction of sp³-hybridized carbons (Fsp3) is 0.526. The van der Waals surface area contributed by atoms with E-state index in [-0.39, 0.29) is 28.7 Å². The van der Waals surface area contributed by atoms with Crippen LogP contribution in [0.5, 0.6) is 5.75 Å². The Morgan fingerprint density at radius 2 is 1.95 bits per heavy atom. The molecule has 3 nitrogen and oxygen atoms in total. The van der Waals surface area contributed by atoms with E-state index in [9.17, 15) is 9.90 Å². The second-order valence-electron chi connectivity index (χ2n) is 7.46. The van der Waals surface area contributed by atoms with Gasteiger partial charge in [-0.1, -0.05) is 32.9 Å². The normalized spacial score (nSPS) is 32.5. The summed E-state index contributed by atoms with van der Waals surface area (Å²) in [5.74, 6) is 0.607. The maximum absolute atomic E-state index is 12.1. The summed E-state index contributed by atoms with van der Waals surface area (Å²) >= 11 is 0. The van der Waals surface area contributed by atoms with E-state index >= 15 is 0 Å². The third kappa shape index (κ3) is 2.33. The number of phenolic OH excluding ortho intramolecular Hbond substituents is 1. The van der Waals surface area contributed by atoms with E-state index in [1.54, 1.807) is 30.3 Å². The van der Waals surface area contributed by atoms with Crippen molar-refractivity contribution < 1.29 is 14.6 Å². The topological polar surface area (TPSA) is 46.5 Å². The van der Waals surface area contributed by atoms with E-state index in [0.29, 0.717) is 5.92 Å². The molecule has 0 aromatic heterocycles. The standard InChI is InChI=1S/C19H24O3/c1-18(2)14-10-11-19(18,3)16(12-14)22-17(21)9-6-13-4-7-15(20)8-5-13/h4-9,14,16,20H,10-12H2,1-3H3/b9-6-/t14-,16-,19+/m1/s1. The van der Waals surface area contributed by atoms with Gasteiger partial charge in [-0.3, -0.25) is 0 Å². The summed E-state index contributed by atoms with van der Waals surface area (Å²) in [7, 11) is 0. The largest absolute Gasteiger partial charge is 0.508 e. The fourth-order valence-electron chi connectivity index (χ4n) is 4.24. The van der Waals surface area contributed by atoms with Crippen molar-refractivity contribution in [3.63, 3.8) is 0 Å². The van der Waals surface area contributed by atoms with Gasteiger partial charge < -0.3 is 9.84 Å². The van der Waals surface area contributed by atoms with Crippen molar-refractivity contribution in [1.82, 2.24) is 0 Å². The van der Waals surface area contributed by atoms with Crippen LogP contribution in [0.15, 0.2) is 30.3 Å². The Balaban J connectivity index is 1.65. The molecule has 0 aliphatic heterocycles. The van der Waals surface area contributed by atoms with E-state index < -0.39 is 0 Å². The highest BCUT2D eigenvalue weighted by Gasteiger charge is 2.62. The van der Waals surface area contributed by atoms with Crippen molar-refractivity contribution in [1.29, 1.82) is 0 Å². The lowest BCUT2D eigenvalue weighted by atomic mass is 9.70. The van der Waals surface area contributed by atoms with Crippen molar-refractivity contribution in [3.8, 4) is 5.75 Å². The summed E-state index contributed by atoms with van der Waals surface area (Å²) < 4.78 is 5.75. The average molecular weight is 300 g/mol. The molecular weight excluding hydrogens is 276 g/mol. The molecule has 0 amide bonds. The number of hydrogen-bond donors (Lipinski definition) is 1. The van der Waals surface area contributed by atoms with Crippen LogP contribution in [0.2, 0.25) is 0 Å². The first kappa shape index (κ1) is 15.1. The number of aromatic hydroxyl groups is 1. The van der Waals surface area contributed by atoms with Gasteiger partial charge in [0.05, 0.1) is 0 Å². The molecule has 0 heterocycles. The number of fused-ring (bicyclic) bond motifs is 2. The van der Waals surface area contributed by atoms with Crippen molar-refractivity contribution in [3.05, 3.63) is 35.9 Å². The van der Waals surface area contributed by atoms with Crippen LogP contribution in [-0.2, 0) is 9.53 Å². The number of carbonyl (C=O) groups is 1. The van der Waals surface area contributed by atoms with Crippen molar-refractivity contribution in [2.75, 3.05) is 0 Å². The van der Waals surface area contributed by atoms with E-state index in [1.165, 1.54) is 12.5 Å². The lowest BCUT2D eigenvalue weighted by Gasteiger charge is -2.38. The third-order valence-electron chi connectivity index (χ3n) is 6.28. The van der Waals surface area contributed by atoms with Crippen molar-refractivity contribution in [2.24, 2.45) is 16.7 Å². The van der Waals surface area contributed by atoms with Gasteiger partial charge in [-0.2, -0.15) is 0 Å². The smallest absolute Gasteiger partial charge is 0.331 e. The van der Waals surface area contributed by atoms with Crippen LogP contribution in [-0.4, -0.2) is 17.2 Å². The highest BCUT2D eigenvalue weighted by atomic mass is 16.5. The van der Waals surface area contributed by atoms with Crippen LogP contribution in [0.25, 0.3) is 6.08 Å². The molecule has 3 atom stereocenters. The monoisotopic (exact) mass is 300 g/mol. The number of benzene rings is 1. The maximum Gasteiger partial charge on any atom is 0.331 e. The molecule has 0 spiro atoms. The van der Waals surface area contributed by atoms with Crippen LogP contribution < -0.4 is 0 Å². The summed E-state index contributed by atoms with van der Waals surface area (Å²) in [6.07, 6.45) is 6.61. The summed E-state index contributed by atoms with van der Waals surface area (Å²) in [4.78, 5) is 12.1. The van der Waals surface area contributed by atoms with Crippen molar-refractivity contribution >= 4 is 12.0 Å². The van der Waals surface area contributed by atoms with Crippen LogP contribution in [0.4, 0.5) is 0 Å². The number of phenols is 1. The van der Waals surface area contributed by atoms with Gasteiger partial charge >= 0.3 is 5.97 Å². The Morgan fingerprint density at radius 1 is 1.27 bits per heavy atom. The molecule has 1 N–H and O–H groups in total. The molecule has 0 unspecified atom stereocenters. The Kier molecular flexibility index (Phi) is 3.54. The van der Waals surface area contributed by atoms with Gasteiger partial charge in [0, 0.05) is 11.5 Å². The third-order valence-corrected chi connectivity index (χ3v) is 6.28. The molecule has 2 aliphatic carbocycles. The van der Waals surface area contributed by atoms with Crippen LogP contribution in [0, 0.1) is 16.7 Å². The molecule has 2 bridgehead atoms. The molecule has 1 aromatic rings. The zero-order chi connectivity index (χ0) is 16.0. The van der Waals surface area contributed by atoms with Gasteiger partial charge in [0.15, 0.2) is 0 Å². The Morgan fingerprint density at radius 3 is 2.50 bits per heavy atom. The molecule has 118 valence electrons. The molecule has 0 saturated heterocycles. The predicted molar refractivity (Wildman–Crippen MR) is 86.2 cm³/mol. The van der Waals surface area contributed by atoms with Crippen LogP contribution in [0.1, 0.15) is 45.6 Å². The van der Waals surface area contributed by atoms with Gasteiger partial charge in [0.25, 0.3) is 0 Å². The van der Waals surface area contributed by atoms with Crippen LogP contribution >= 0.6 is 0 Å². The van der Waals surface area contributed by atoms with Crippen LogP contribution in [0.3, 0.4) is 0 Å². The van der Waals surface area contributed by atoms with Gasteiger partial charge in [-0.05, 0) is 54.4 Å². The lowest BCUT2D eigenvalue weighted by molar-refractivity contribution is -0.150. The highest BCUT2D eigenvalue weighted by Crippen LogP contribution is 2.66. The maximum atomic E-state index is 12.1. The molecule has 2 saturated carbocycles. The predicted octanol–water partition coefficient (Wildman–Crippen LogP) is 4.16. The summed E-state index contributed by atoms with van der Waals surface area (Å²) in [5, 5.41) is 9.25. The van der Waals surface area contributed by atoms with E-state index in [2.05, 4.69) is 20.8 Å². The van der Waals surface area contributed by atoms with Gasteiger partial charge in [0.1, 0.15) is 11.9 Å². The molecule has 3 rings (SSSR count). The first-order chi connectivity index (χ1) is 10.3. The lowest BCUT2D eigenvalue weighted by Crippen LogP contribution is -2.38. The Bertz CT molecular complexity index is 600. The fourth-order valence-corrected chi connectivity index (χ4v) is 4.24. The zero-order valence-corrected chi connectivity index (χ0v) is 13.5. The van der Waals surface area contributed by atoms with Gasteiger partial charge in [-0.25, -0.2) is 4.79 Å². The van der Waals surface area contributed by atoms with E-state index in [4.69, 9.17) is 4.74 Å². The second kappa shape index (κ2) is 5.15. The minimum atomic E-state index is -0.275. The molecule has 0 radical (unpaired) electrons. The van der Waals surface area contributed by atoms with E-state index in [1.807, 2.05) is 0 Å². The summed E-state index contributed by atoms with van der Waals surface area (Å²) in [6.45, 7) is 6.89. The molecule has 2 fully saturated rings. The number of ether oxygens (including phenoxy) is 1. The molecular formula is C19H24O3. The van der Waals surface area contributed by atoms with Gasteiger partial charge in [0.2, 0.25) is 0 Å². The highest BCUT2D eigenvalue weighted by molar-refractivity contribution is 5.87. The second-order valence-corrected chi connectivity index (χ2v) is 7.46. The first-order valence-corrected chi connectivity index (χ1v) is 8.01. The molecule has 22 heavy (non-hydrogen) atoms. The van der Waals surface area contributed by atoms with Crippen molar-refractivity contribution in [2.45, 2.75) is 46.1 Å². The molecule has 1 aromatic carbocycles. The number of hydrogen-bond acceptors (Lipinski definition) is 3. The Hall–Kier alpha value is -1.77. The van der Waals surface area contributed by atoms with Gasteiger partial charge in [-0.15, -0.1) is 0 Å². The minimum absolute atomic E-state index is 0.0261. The minimum Gasteiger partial charge on any atom is -0.508 e. The zero-order valence-electron chi connectivity index (χ0n) is 13.5.